The Morgan fingerprint density at radius 1 is 0.929 bits per heavy atom. The Morgan fingerprint density at radius 2 is 1.61 bits per heavy atom. The van der Waals surface area contributed by atoms with Gasteiger partial charge in [-0.1, -0.05) is 41.5 Å². The van der Waals surface area contributed by atoms with Crippen molar-refractivity contribution >= 4 is 11.9 Å². The summed E-state index contributed by atoms with van der Waals surface area (Å²) < 4.78 is 13.1. The molecule has 5 nitrogen and oxygen atoms in total. The van der Waals surface area contributed by atoms with E-state index >= 15 is 0 Å². The van der Waals surface area contributed by atoms with Gasteiger partial charge >= 0.3 is 0 Å². The van der Waals surface area contributed by atoms with Crippen LogP contribution in [0.2, 0.25) is 0 Å². The van der Waals surface area contributed by atoms with Crippen molar-refractivity contribution in [1.82, 2.24) is 16.0 Å². The normalized spacial score (nSPS) is 11.2. The maximum atomic E-state index is 13.1. The predicted octanol–water partition coefficient (Wildman–Crippen LogP) is 2.51. The van der Waals surface area contributed by atoms with Crippen molar-refractivity contribution in [3.05, 3.63) is 70.5 Å². The summed E-state index contributed by atoms with van der Waals surface area (Å²) in [6, 6.07) is 12.6. The Labute approximate surface area is 166 Å². The molecule has 0 heterocycles. The lowest BCUT2D eigenvalue weighted by atomic mass is 10.1. The van der Waals surface area contributed by atoms with Gasteiger partial charge in [0.05, 0.1) is 6.42 Å². The van der Waals surface area contributed by atoms with E-state index in [4.69, 9.17) is 0 Å². The molecule has 0 aliphatic rings. The van der Waals surface area contributed by atoms with Gasteiger partial charge in [0.1, 0.15) is 5.82 Å². The molecular weight excluding hydrogens is 355 g/mol. The third-order valence-corrected chi connectivity index (χ3v) is 4.20. The summed E-state index contributed by atoms with van der Waals surface area (Å²) in [5.41, 5.74) is 4.50. The molecule has 0 spiro atoms. The molecule has 0 fully saturated rings. The third-order valence-electron chi connectivity index (χ3n) is 4.20. The van der Waals surface area contributed by atoms with Gasteiger partial charge in [0, 0.05) is 26.7 Å². The highest BCUT2D eigenvalue weighted by molar-refractivity contribution is 5.80. The summed E-state index contributed by atoms with van der Waals surface area (Å²) in [4.78, 5) is 16.1. The molecule has 2 aromatic carbocycles. The number of carbonyl (C=O) groups is 1. The van der Waals surface area contributed by atoms with Crippen molar-refractivity contribution in [2.24, 2.45) is 4.99 Å². The summed E-state index contributed by atoms with van der Waals surface area (Å²) >= 11 is 0. The van der Waals surface area contributed by atoms with Gasteiger partial charge in [0.15, 0.2) is 5.96 Å². The lowest BCUT2D eigenvalue weighted by Gasteiger charge is -2.13. The highest BCUT2D eigenvalue weighted by atomic mass is 19.1. The number of aryl methyl sites for hydroxylation is 2. The molecule has 1 amide bonds. The molecule has 6 heteroatoms. The van der Waals surface area contributed by atoms with E-state index in [1.165, 1.54) is 28.8 Å². The summed E-state index contributed by atoms with van der Waals surface area (Å²) in [6.45, 7) is 6.00. The number of nitrogens with zero attached hydrogens (tertiary/aromatic N) is 1. The lowest BCUT2D eigenvalue weighted by Crippen LogP contribution is -2.42. The van der Waals surface area contributed by atoms with E-state index in [0.29, 0.717) is 24.6 Å². The van der Waals surface area contributed by atoms with Crippen molar-refractivity contribution < 1.29 is 9.18 Å². The minimum Gasteiger partial charge on any atom is -0.356 e. The van der Waals surface area contributed by atoms with Crippen LogP contribution < -0.4 is 16.0 Å². The molecule has 0 saturated carbocycles. The number of guanidine groups is 1. The predicted molar refractivity (Wildman–Crippen MR) is 112 cm³/mol. The molecule has 3 N–H and O–H groups in total. The van der Waals surface area contributed by atoms with Crippen LogP contribution in [0.1, 0.15) is 22.3 Å². The smallest absolute Gasteiger partial charge is 0.224 e. The zero-order valence-electron chi connectivity index (χ0n) is 16.8. The Morgan fingerprint density at radius 3 is 2.29 bits per heavy atom. The van der Waals surface area contributed by atoms with Crippen LogP contribution in [0.5, 0.6) is 0 Å². The van der Waals surface area contributed by atoms with Crippen molar-refractivity contribution in [1.29, 1.82) is 0 Å². The Kier molecular flexibility index (Phi) is 8.46. The van der Waals surface area contributed by atoms with Crippen molar-refractivity contribution in [2.45, 2.75) is 26.7 Å². The molecule has 28 heavy (non-hydrogen) atoms. The van der Waals surface area contributed by atoms with Gasteiger partial charge in [-0.05, 0) is 43.5 Å². The van der Waals surface area contributed by atoms with E-state index in [9.17, 15) is 9.18 Å². The zero-order chi connectivity index (χ0) is 20.4. The molecular formula is C22H29FN4O. The van der Waals surface area contributed by atoms with Gasteiger partial charge < -0.3 is 16.0 Å². The van der Waals surface area contributed by atoms with E-state index in [2.05, 4.69) is 53.0 Å². The second-order valence-corrected chi connectivity index (χ2v) is 6.83. The van der Waals surface area contributed by atoms with Crippen molar-refractivity contribution in [3.8, 4) is 0 Å². The minimum absolute atomic E-state index is 0.134. The van der Waals surface area contributed by atoms with E-state index < -0.39 is 0 Å². The molecule has 2 rings (SSSR count). The average Bonchev–Trinajstić information content (AvgIpc) is 2.63. The molecule has 0 aromatic heterocycles. The van der Waals surface area contributed by atoms with E-state index in [-0.39, 0.29) is 18.1 Å². The van der Waals surface area contributed by atoms with Crippen LogP contribution in [-0.2, 0) is 17.6 Å². The number of halogens is 1. The lowest BCUT2D eigenvalue weighted by molar-refractivity contribution is -0.120. The summed E-state index contributed by atoms with van der Waals surface area (Å²) in [6.07, 6.45) is 1.08. The van der Waals surface area contributed by atoms with Crippen LogP contribution in [0.4, 0.5) is 4.39 Å². The maximum absolute atomic E-state index is 13.1. The van der Waals surface area contributed by atoms with Gasteiger partial charge in [-0.2, -0.15) is 0 Å². The van der Waals surface area contributed by atoms with Gasteiger partial charge in [0.2, 0.25) is 5.91 Å². The average molecular weight is 384 g/mol. The van der Waals surface area contributed by atoms with Gasteiger partial charge in [-0.3, -0.25) is 9.79 Å². The molecule has 0 aliphatic heterocycles. The summed E-state index contributed by atoms with van der Waals surface area (Å²) in [5.74, 6) is 0.233. The number of aliphatic imine (C=N–C) groups is 1. The Hall–Kier alpha value is -2.89. The van der Waals surface area contributed by atoms with Crippen molar-refractivity contribution in [3.63, 3.8) is 0 Å². The molecule has 2 aromatic rings. The molecule has 0 bridgehead atoms. The van der Waals surface area contributed by atoms with Crippen LogP contribution in [-0.4, -0.2) is 38.5 Å². The Bertz CT molecular complexity index is 800. The molecule has 0 radical (unpaired) electrons. The van der Waals surface area contributed by atoms with Crippen LogP contribution in [0.15, 0.2) is 47.5 Å². The van der Waals surface area contributed by atoms with Gasteiger partial charge in [-0.25, -0.2) is 4.39 Å². The number of hydrogen-bond donors (Lipinski definition) is 3. The largest absolute Gasteiger partial charge is 0.356 e. The maximum Gasteiger partial charge on any atom is 0.224 e. The molecule has 150 valence electrons. The van der Waals surface area contributed by atoms with E-state index in [0.717, 1.165) is 13.0 Å². The first-order chi connectivity index (χ1) is 13.5. The first kappa shape index (κ1) is 21.4. The number of benzene rings is 2. The van der Waals surface area contributed by atoms with Crippen LogP contribution in [0, 0.1) is 19.7 Å². The fourth-order valence-electron chi connectivity index (χ4n) is 3.04. The third kappa shape index (κ3) is 7.78. The number of nitrogens with one attached hydrogen (secondary N) is 3. The second kappa shape index (κ2) is 11.1. The van der Waals surface area contributed by atoms with Crippen molar-refractivity contribution in [2.75, 3.05) is 26.7 Å². The van der Waals surface area contributed by atoms with Gasteiger partial charge in [-0.15, -0.1) is 0 Å². The summed E-state index contributed by atoms with van der Waals surface area (Å²) in [5, 5.41) is 9.26. The molecule has 0 aliphatic carbocycles. The number of carbonyl (C=O) groups excluding carboxylic acids is 1. The van der Waals surface area contributed by atoms with Crippen LogP contribution >= 0.6 is 0 Å². The zero-order valence-corrected chi connectivity index (χ0v) is 16.8. The first-order valence-corrected chi connectivity index (χ1v) is 9.49. The van der Waals surface area contributed by atoms with E-state index in [1.807, 2.05) is 0 Å². The minimum atomic E-state index is -0.331. The SMILES string of the molecule is CN=C(NCCNC(=O)Cc1cccc(F)c1)NCCc1cc(C)cc(C)c1. The topological polar surface area (TPSA) is 65.5 Å². The number of hydrogen-bond acceptors (Lipinski definition) is 2. The first-order valence-electron chi connectivity index (χ1n) is 9.49. The molecule has 0 atom stereocenters. The number of rotatable bonds is 8. The molecule has 0 saturated heterocycles. The van der Waals surface area contributed by atoms with Gasteiger partial charge in [0.25, 0.3) is 0 Å². The monoisotopic (exact) mass is 384 g/mol. The molecule has 0 unspecified atom stereocenters. The highest BCUT2D eigenvalue weighted by Crippen LogP contribution is 2.09. The quantitative estimate of drug-likeness (QED) is 0.372. The van der Waals surface area contributed by atoms with E-state index in [1.54, 1.807) is 19.2 Å². The van der Waals surface area contributed by atoms with Crippen LogP contribution in [0.3, 0.4) is 0 Å². The van der Waals surface area contributed by atoms with Crippen LogP contribution in [0.25, 0.3) is 0 Å². The highest BCUT2D eigenvalue weighted by Gasteiger charge is 2.04. The second-order valence-electron chi connectivity index (χ2n) is 6.83. The fraction of sp³-hybridized carbons (Fsp3) is 0.364. The Balaban J connectivity index is 1.64. The number of amides is 1. The summed E-state index contributed by atoms with van der Waals surface area (Å²) in [7, 11) is 1.72. The standard InChI is InChI=1S/C22H29FN4O/c1-16-11-17(2)13-19(12-16)7-8-26-22(24-3)27-10-9-25-21(28)15-18-5-4-6-20(23)14-18/h4-6,11-14H,7-10,15H2,1-3H3,(H,25,28)(H2,24,26,27). The fourth-order valence-corrected chi connectivity index (χ4v) is 3.04.